The molecule has 118 valence electrons. The zero-order valence-corrected chi connectivity index (χ0v) is 13.8. The van der Waals surface area contributed by atoms with Crippen LogP contribution < -0.4 is 10.6 Å². The third-order valence-corrected chi connectivity index (χ3v) is 3.53. The molecule has 2 rings (SSSR count). The molecule has 1 unspecified atom stereocenters. The molecule has 0 heterocycles. The molecule has 0 bridgehead atoms. The highest BCUT2D eigenvalue weighted by molar-refractivity contribution is 5.96. The van der Waals surface area contributed by atoms with E-state index in [2.05, 4.69) is 17.6 Å². The van der Waals surface area contributed by atoms with Gasteiger partial charge in [-0.15, -0.1) is 12.4 Å². The Hall–Kier alpha value is -1.84. The minimum atomic E-state index is -0.168. The average Bonchev–Trinajstić information content (AvgIpc) is 2.54. The lowest BCUT2D eigenvalue weighted by Gasteiger charge is -2.15. The van der Waals surface area contributed by atoms with Crippen LogP contribution in [0.4, 0.5) is 5.69 Å². The van der Waals surface area contributed by atoms with Crippen molar-refractivity contribution in [3.8, 4) is 0 Å². The van der Waals surface area contributed by atoms with E-state index in [1.807, 2.05) is 61.5 Å². The molecule has 0 aliphatic carbocycles. The van der Waals surface area contributed by atoms with Crippen molar-refractivity contribution < 1.29 is 4.79 Å². The van der Waals surface area contributed by atoms with E-state index in [1.165, 1.54) is 0 Å². The molecular weight excluding hydrogens is 296 g/mol. The summed E-state index contributed by atoms with van der Waals surface area (Å²) >= 11 is 0. The summed E-state index contributed by atoms with van der Waals surface area (Å²) in [6, 6.07) is 17.7. The molecule has 22 heavy (non-hydrogen) atoms. The van der Waals surface area contributed by atoms with Gasteiger partial charge in [0.05, 0.1) is 5.92 Å². The number of hydrogen-bond acceptors (Lipinski definition) is 2. The molecule has 0 radical (unpaired) electrons. The number of rotatable bonds is 6. The Morgan fingerprint density at radius 1 is 1.05 bits per heavy atom. The van der Waals surface area contributed by atoms with Gasteiger partial charge in [-0.1, -0.05) is 55.5 Å². The second-order valence-electron chi connectivity index (χ2n) is 5.06. The molecule has 1 atom stereocenters. The summed E-state index contributed by atoms with van der Waals surface area (Å²) in [6.45, 7) is 5.66. The maximum absolute atomic E-state index is 12.4. The van der Waals surface area contributed by atoms with Crippen LogP contribution in [0.15, 0.2) is 54.6 Å². The van der Waals surface area contributed by atoms with Crippen molar-refractivity contribution in [2.45, 2.75) is 26.3 Å². The van der Waals surface area contributed by atoms with Gasteiger partial charge in [-0.2, -0.15) is 0 Å². The Morgan fingerprint density at radius 2 is 1.68 bits per heavy atom. The van der Waals surface area contributed by atoms with Gasteiger partial charge < -0.3 is 10.6 Å². The van der Waals surface area contributed by atoms with Gasteiger partial charge in [0.2, 0.25) is 5.91 Å². The molecule has 2 N–H and O–H groups in total. The first-order valence-corrected chi connectivity index (χ1v) is 7.36. The van der Waals surface area contributed by atoms with Gasteiger partial charge in [0, 0.05) is 12.2 Å². The number of amides is 1. The molecule has 3 nitrogen and oxygen atoms in total. The number of carbonyl (C=O) groups excluding carboxylic acids is 1. The van der Waals surface area contributed by atoms with E-state index in [0.717, 1.165) is 29.9 Å². The number of para-hydroxylation sites is 1. The topological polar surface area (TPSA) is 41.1 Å². The van der Waals surface area contributed by atoms with Crippen molar-refractivity contribution in [1.82, 2.24) is 5.32 Å². The van der Waals surface area contributed by atoms with Gasteiger partial charge in [-0.3, -0.25) is 4.79 Å². The van der Waals surface area contributed by atoms with Gasteiger partial charge in [0.15, 0.2) is 0 Å². The predicted molar refractivity (Wildman–Crippen MR) is 94.6 cm³/mol. The third-order valence-electron chi connectivity index (χ3n) is 3.53. The zero-order chi connectivity index (χ0) is 15.1. The lowest BCUT2D eigenvalue weighted by molar-refractivity contribution is -0.117. The quantitative estimate of drug-likeness (QED) is 0.846. The van der Waals surface area contributed by atoms with E-state index in [4.69, 9.17) is 0 Å². The summed E-state index contributed by atoms with van der Waals surface area (Å²) < 4.78 is 0. The van der Waals surface area contributed by atoms with Crippen molar-refractivity contribution >= 4 is 24.0 Å². The summed E-state index contributed by atoms with van der Waals surface area (Å²) in [4.78, 5) is 12.4. The molecular formula is C18H23ClN2O. The Morgan fingerprint density at radius 3 is 2.36 bits per heavy atom. The number of hydrogen-bond donors (Lipinski definition) is 2. The van der Waals surface area contributed by atoms with Gasteiger partial charge >= 0.3 is 0 Å². The Bertz CT molecular complexity index is 587. The van der Waals surface area contributed by atoms with Gasteiger partial charge in [-0.05, 0) is 30.7 Å². The average molecular weight is 319 g/mol. The van der Waals surface area contributed by atoms with Gasteiger partial charge in [0.1, 0.15) is 0 Å². The minimum Gasteiger partial charge on any atom is -0.325 e. The summed E-state index contributed by atoms with van der Waals surface area (Å²) in [5.74, 6) is -0.150. The molecule has 0 aliphatic heterocycles. The van der Waals surface area contributed by atoms with E-state index in [1.54, 1.807) is 0 Å². The lowest BCUT2D eigenvalue weighted by atomic mass is 10.0. The number of carbonyl (C=O) groups is 1. The first kappa shape index (κ1) is 18.2. The second-order valence-corrected chi connectivity index (χ2v) is 5.06. The van der Waals surface area contributed by atoms with E-state index in [-0.39, 0.29) is 24.2 Å². The van der Waals surface area contributed by atoms with Crippen LogP contribution in [-0.4, -0.2) is 12.5 Å². The van der Waals surface area contributed by atoms with Crippen LogP contribution in [0.5, 0.6) is 0 Å². The summed E-state index contributed by atoms with van der Waals surface area (Å²) in [5.41, 5.74) is 3.01. The van der Waals surface area contributed by atoms with Crippen LogP contribution in [-0.2, 0) is 11.3 Å². The van der Waals surface area contributed by atoms with Gasteiger partial charge in [-0.25, -0.2) is 0 Å². The number of anilines is 1. The Kier molecular flexibility index (Phi) is 7.64. The van der Waals surface area contributed by atoms with Crippen molar-refractivity contribution in [3.63, 3.8) is 0 Å². The largest absolute Gasteiger partial charge is 0.325 e. The molecule has 0 saturated heterocycles. The van der Waals surface area contributed by atoms with Crippen molar-refractivity contribution in [2.75, 3.05) is 11.9 Å². The first-order valence-electron chi connectivity index (χ1n) is 7.36. The lowest BCUT2D eigenvalue weighted by Crippen LogP contribution is -2.21. The van der Waals surface area contributed by atoms with E-state index >= 15 is 0 Å². The van der Waals surface area contributed by atoms with Crippen molar-refractivity contribution in [1.29, 1.82) is 0 Å². The molecule has 0 spiro atoms. The van der Waals surface area contributed by atoms with Crippen LogP contribution >= 0.6 is 12.4 Å². The van der Waals surface area contributed by atoms with E-state index in [9.17, 15) is 4.79 Å². The SMILES string of the molecule is CCNCc1ccccc1NC(=O)C(C)c1ccccc1.Cl. The maximum atomic E-state index is 12.4. The van der Waals surface area contributed by atoms with Crippen molar-refractivity contribution in [3.05, 3.63) is 65.7 Å². The molecule has 2 aromatic rings. The van der Waals surface area contributed by atoms with E-state index < -0.39 is 0 Å². The van der Waals surface area contributed by atoms with Crippen LogP contribution in [0.2, 0.25) is 0 Å². The van der Waals surface area contributed by atoms with Crippen LogP contribution in [0.3, 0.4) is 0 Å². The van der Waals surface area contributed by atoms with Crippen LogP contribution in [0.1, 0.15) is 30.9 Å². The predicted octanol–water partition coefficient (Wildman–Crippen LogP) is 3.96. The van der Waals surface area contributed by atoms with E-state index in [0.29, 0.717) is 0 Å². The highest BCUT2D eigenvalue weighted by Crippen LogP contribution is 2.20. The monoisotopic (exact) mass is 318 g/mol. The summed E-state index contributed by atoms with van der Waals surface area (Å²) in [5, 5.41) is 6.33. The van der Waals surface area contributed by atoms with Gasteiger partial charge in [0.25, 0.3) is 0 Å². The maximum Gasteiger partial charge on any atom is 0.231 e. The number of halogens is 1. The standard InChI is InChI=1S/C18H22N2O.ClH/c1-3-19-13-16-11-7-8-12-17(16)20-18(21)14(2)15-9-5-4-6-10-15;/h4-12,14,19H,3,13H2,1-2H3,(H,20,21);1H. The Balaban J connectivity index is 0.00000242. The van der Waals surface area contributed by atoms with Crippen molar-refractivity contribution in [2.24, 2.45) is 0 Å². The zero-order valence-electron chi connectivity index (χ0n) is 13.0. The third kappa shape index (κ3) is 4.86. The molecule has 2 aromatic carbocycles. The fraction of sp³-hybridized carbons (Fsp3) is 0.278. The molecule has 0 aliphatic rings. The molecule has 4 heteroatoms. The van der Waals surface area contributed by atoms with Crippen LogP contribution in [0, 0.1) is 0 Å². The molecule has 0 fully saturated rings. The second kappa shape index (κ2) is 9.23. The molecule has 0 saturated carbocycles. The minimum absolute atomic E-state index is 0. The molecule has 0 aromatic heterocycles. The highest BCUT2D eigenvalue weighted by atomic mass is 35.5. The fourth-order valence-electron chi connectivity index (χ4n) is 2.19. The Labute approximate surface area is 138 Å². The summed E-state index contributed by atoms with van der Waals surface area (Å²) in [7, 11) is 0. The highest BCUT2D eigenvalue weighted by Gasteiger charge is 2.15. The summed E-state index contributed by atoms with van der Waals surface area (Å²) in [6.07, 6.45) is 0. The fourth-order valence-corrected chi connectivity index (χ4v) is 2.19. The first-order chi connectivity index (χ1) is 10.2. The molecule has 1 amide bonds. The number of benzene rings is 2. The smallest absolute Gasteiger partial charge is 0.231 e. The normalized spacial score (nSPS) is 11.4. The van der Waals surface area contributed by atoms with Crippen LogP contribution in [0.25, 0.3) is 0 Å². The number of nitrogens with one attached hydrogen (secondary N) is 2.